The molecular weight excluding hydrogens is 507 g/mol. The first-order valence-corrected chi connectivity index (χ1v) is 11.9. The van der Waals surface area contributed by atoms with Crippen LogP contribution in [0.15, 0.2) is 27.8 Å². The number of halogens is 1. The molecule has 198 valence electrons. The Labute approximate surface area is 215 Å². The SMILES string of the molecule is CCOC(=O)c1sc2c(c1C)c(=O)n(CC(N)=O)c(=O)n2CCc1cc(F)ccc1OC.N#CCCO. The number of ether oxygens (including phenoxy) is 2. The van der Waals surface area contributed by atoms with E-state index in [1.165, 1.54) is 29.9 Å². The number of nitrogens with two attached hydrogens (primary N) is 1. The van der Waals surface area contributed by atoms with Crippen molar-refractivity contribution in [1.82, 2.24) is 9.13 Å². The molecule has 0 aliphatic rings. The molecule has 3 aromatic rings. The van der Waals surface area contributed by atoms with E-state index >= 15 is 0 Å². The number of benzene rings is 1. The molecule has 0 saturated heterocycles. The Hall–Kier alpha value is -4.02. The summed E-state index contributed by atoms with van der Waals surface area (Å²) in [5.41, 5.74) is 4.62. The molecule has 37 heavy (non-hydrogen) atoms. The number of aliphatic hydroxyl groups is 1. The van der Waals surface area contributed by atoms with E-state index in [1.54, 1.807) is 19.9 Å². The summed E-state index contributed by atoms with van der Waals surface area (Å²) in [6.07, 6.45) is 0.441. The summed E-state index contributed by atoms with van der Waals surface area (Å²) in [5, 5.41) is 15.6. The van der Waals surface area contributed by atoms with Crippen LogP contribution in [-0.2, 0) is 29.0 Å². The summed E-state index contributed by atoms with van der Waals surface area (Å²) in [5.74, 6) is -1.50. The quantitative estimate of drug-likeness (QED) is 0.389. The van der Waals surface area contributed by atoms with Crippen LogP contribution >= 0.6 is 11.3 Å². The molecule has 0 unspecified atom stereocenters. The van der Waals surface area contributed by atoms with E-state index in [0.717, 1.165) is 15.9 Å². The molecule has 3 N–H and O–H groups in total. The monoisotopic (exact) mass is 534 g/mol. The molecule has 0 spiro atoms. The predicted octanol–water partition coefficient (Wildman–Crippen LogP) is 1.48. The Balaban J connectivity index is 0.000000877. The fourth-order valence-corrected chi connectivity index (χ4v) is 4.72. The summed E-state index contributed by atoms with van der Waals surface area (Å²) in [7, 11) is 1.45. The molecule has 0 aliphatic carbocycles. The van der Waals surface area contributed by atoms with Crippen LogP contribution in [0.1, 0.15) is 34.1 Å². The maximum atomic E-state index is 13.7. The molecule has 0 atom stereocenters. The van der Waals surface area contributed by atoms with E-state index < -0.39 is 35.5 Å². The zero-order valence-corrected chi connectivity index (χ0v) is 21.4. The van der Waals surface area contributed by atoms with Crippen molar-refractivity contribution in [2.45, 2.75) is 39.8 Å². The minimum Gasteiger partial charge on any atom is -0.496 e. The number of hydrogen-bond donors (Lipinski definition) is 2. The maximum Gasteiger partial charge on any atom is 0.348 e. The number of hydrogen-bond acceptors (Lipinski definition) is 9. The number of aryl methyl sites for hydroxylation is 3. The topological polar surface area (TPSA) is 167 Å². The first-order chi connectivity index (χ1) is 17.6. The third-order valence-corrected chi connectivity index (χ3v) is 6.43. The number of rotatable bonds is 9. The summed E-state index contributed by atoms with van der Waals surface area (Å²) in [6, 6.07) is 5.80. The van der Waals surface area contributed by atoms with Gasteiger partial charge in [-0.3, -0.25) is 18.7 Å². The molecule has 0 fully saturated rings. The van der Waals surface area contributed by atoms with E-state index in [-0.39, 0.29) is 47.7 Å². The highest BCUT2D eigenvalue weighted by atomic mass is 32.1. The number of fused-ring (bicyclic) bond motifs is 1. The van der Waals surface area contributed by atoms with Crippen LogP contribution in [0.2, 0.25) is 0 Å². The lowest BCUT2D eigenvalue weighted by molar-refractivity contribution is -0.118. The van der Waals surface area contributed by atoms with E-state index in [1.807, 2.05) is 0 Å². The number of esters is 1. The molecule has 0 aliphatic heterocycles. The largest absolute Gasteiger partial charge is 0.496 e. The van der Waals surface area contributed by atoms with Crippen LogP contribution in [0.25, 0.3) is 10.2 Å². The van der Waals surface area contributed by atoms with Gasteiger partial charge in [-0.25, -0.2) is 14.0 Å². The van der Waals surface area contributed by atoms with Crippen molar-refractivity contribution in [3.05, 3.63) is 60.9 Å². The second kappa shape index (κ2) is 13.3. The molecule has 11 nitrogen and oxygen atoms in total. The van der Waals surface area contributed by atoms with Crippen molar-refractivity contribution in [3.63, 3.8) is 0 Å². The lowest BCUT2D eigenvalue weighted by Crippen LogP contribution is -2.42. The maximum absolute atomic E-state index is 13.7. The van der Waals surface area contributed by atoms with Gasteiger partial charge in [0, 0.05) is 6.54 Å². The van der Waals surface area contributed by atoms with Crippen LogP contribution < -0.4 is 21.7 Å². The highest BCUT2D eigenvalue weighted by Gasteiger charge is 2.24. The summed E-state index contributed by atoms with van der Waals surface area (Å²) >= 11 is 0.956. The number of thiophene rings is 1. The Morgan fingerprint density at radius 3 is 2.51 bits per heavy atom. The van der Waals surface area contributed by atoms with Gasteiger partial charge in [-0.2, -0.15) is 5.26 Å². The minimum absolute atomic E-state index is 0.0174. The normalized spacial score (nSPS) is 10.4. The summed E-state index contributed by atoms with van der Waals surface area (Å²) < 4.78 is 26.1. The fraction of sp³-hybridized carbons (Fsp3) is 0.375. The van der Waals surface area contributed by atoms with Gasteiger partial charge in [0.25, 0.3) is 5.56 Å². The van der Waals surface area contributed by atoms with Crippen LogP contribution in [0.4, 0.5) is 4.39 Å². The van der Waals surface area contributed by atoms with Crippen molar-refractivity contribution in [2.75, 3.05) is 20.3 Å². The lowest BCUT2D eigenvalue weighted by atomic mass is 10.1. The molecule has 3 rings (SSSR count). The van der Waals surface area contributed by atoms with Gasteiger partial charge in [0.1, 0.15) is 27.8 Å². The van der Waals surface area contributed by atoms with Crippen LogP contribution in [0, 0.1) is 24.1 Å². The average molecular weight is 535 g/mol. The highest BCUT2D eigenvalue weighted by Crippen LogP contribution is 2.29. The van der Waals surface area contributed by atoms with Crippen molar-refractivity contribution in [1.29, 1.82) is 5.26 Å². The minimum atomic E-state index is -0.861. The first-order valence-electron chi connectivity index (χ1n) is 11.1. The van der Waals surface area contributed by atoms with Crippen LogP contribution in [0.3, 0.4) is 0 Å². The van der Waals surface area contributed by atoms with Gasteiger partial charge in [-0.15, -0.1) is 11.3 Å². The molecular formula is C24H27FN4O7S. The van der Waals surface area contributed by atoms with Gasteiger partial charge in [0.2, 0.25) is 5.91 Å². The van der Waals surface area contributed by atoms with Gasteiger partial charge in [0.05, 0.1) is 38.2 Å². The zero-order chi connectivity index (χ0) is 27.7. The second-order valence-electron chi connectivity index (χ2n) is 7.59. The highest BCUT2D eigenvalue weighted by molar-refractivity contribution is 7.20. The Morgan fingerprint density at radius 1 is 1.27 bits per heavy atom. The zero-order valence-electron chi connectivity index (χ0n) is 20.6. The number of aromatic nitrogens is 2. The number of primary amides is 1. The van der Waals surface area contributed by atoms with E-state index in [9.17, 15) is 23.6 Å². The number of carbonyl (C=O) groups excluding carboxylic acids is 2. The summed E-state index contributed by atoms with van der Waals surface area (Å²) in [4.78, 5) is 50.4. The smallest absolute Gasteiger partial charge is 0.348 e. The number of amides is 1. The third-order valence-electron chi connectivity index (χ3n) is 5.14. The molecule has 13 heteroatoms. The lowest BCUT2D eigenvalue weighted by Gasteiger charge is -2.13. The average Bonchev–Trinajstić information content (AvgIpc) is 3.20. The second-order valence-corrected chi connectivity index (χ2v) is 8.59. The molecule has 1 amide bonds. The first kappa shape index (κ1) is 29.2. The molecule has 0 saturated carbocycles. The van der Waals surface area contributed by atoms with Gasteiger partial charge in [-0.1, -0.05) is 0 Å². The number of nitriles is 1. The van der Waals surface area contributed by atoms with Crippen molar-refractivity contribution in [3.8, 4) is 11.8 Å². The van der Waals surface area contributed by atoms with Gasteiger partial charge in [-0.05, 0) is 49.6 Å². The molecule has 2 heterocycles. The van der Waals surface area contributed by atoms with Gasteiger partial charge < -0.3 is 20.3 Å². The van der Waals surface area contributed by atoms with Crippen molar-refractivity contribution >= 4 is 33.4 Å². The number of methoxy groups -OCH3 is 1. The third kappa shape index (κ3) is 6.81. The molecule has 2 aromatic heterocycles. The summed E-state index contributed by atoms with van der Waals surface area (Å²) in [6.45, 7) is 2.78. The number of nitrogens with zero attached hydrogens (tertiary/aromatic N) is 3. The van der Waals surface area contributed by atoms with Crippen molar-refractivity contribution < 1.29 is 28.6 Å². The van der Waals surface area contributed by atoms with Crippen LogP contribution in [0.5, 0.6) is 5.75 Å². The fourth-order valence-electron chi connectivity index (χ4n) is 3.50. The molecule has 0 radical (unpaired) electrons. The van der Waals surface area contributed by atoms with Crippen molar-refractivity contribution in [2.24, 2.45) is 5.73 Å². The van der Waals surface area contributed by atoms with Crippen LogP contribution in [-0.4, -0.2) is 46.4 Å². The standard InChI is InChI=1S/C21H22FN3O6S.C3H5NO/c1-4-31-20(28)17-11(2)16-18(27)25(10-15(23)26)21(29)24(19(16)32-17)8-7-12-9-13(22)5-6-14(12)30-3;4-2-1-3-5/h5-6,9H,4,7-8,10H2,1-3H3,(H2,23,26);5H,1,3H2. The molecule has 0 bridgehead atoms. The van der Waals surface area contributed by atoms with Gasteiger partial charge >= 0.3 is 11.7 Å². The number of carbonyl (C=O) groups is 2. The van der Waals surface area contributed by atoms with E-state index in [4.69, 9.17) is 25.6 Å². The Kier molecular flexibility index (Phi) is 10.5. The Bertz CT molecular complexity index is 1450. The Morgan fingerprint density at radius 2 is 1.97 bits per heavy atom. The van der Waals surface area contributed by atoms with E-state index in [2.05, 4.69) is 0 Å². The van der Waals surface area contributed by atoms with Gasteiger partial charge in [0.15, 0.2) is 0 Å². The number of aliphatic hydroxyl groups excluding tert-OH is 1. The van der Waals surface area contributed by atoms with E-state index in [0.29, 0.717) is 16.9 Å². The molecule has 1 aromatic carbocycles. The predicted molar refractivity (Wildman–Crippen MR) is 134 cm³/mol.